The van der Waals surface area contributed by atoms with E-state index in [2.05, 4.69) is 10.4 Å². The predicted octanol–water partition coefficient (Wildman–Crippen LogP) is 3.27. The SMILES string of the molecule is O=c1c(Cl)c(NC[C@H]2CCCOC2)cnn1-c1ccc(OC2CC2)cc1. The molecular formula is C19H22ClN3O3. The van der Waals surface area contributed by atoms with Gasteiger partial charge in [-0.3, -0.25) is 4.79 Å². The Morgan fingerprint density at radius 1 is 1.27 bits per heavy atom. The Hall–Kier alpha value is -2.05. The third-order valence-corrected chi connectivity index (χ3v) is 5.03. The molecule has 4 rings (SSSR count). The van der Waals surface area contributed by atoms with Crippen LogP contribution in [0.3, 0.4) is 0 Å². The van der Waals surface area contributed by atoms with E-state index in [9.17, 15) is 4.79 Å². The van der Waals surface area contributed by atoms with Crippen molar-refractivity contribution in [2.45, 2.75) is 31.8 Å². The summed E-state index contributed by atoms with van der Waals surface area (Å²) >= 11 is 6.28. The number of hydrogen-bond donors (Lipinski definition) is 1. The van der Waals surface area contributed by atoms with Crippen molar-refractivity contribution < 1.29 is 9.47 Å². The van der Waals surface area contributed by atoms with E-state index in [0.29, 0.717) is 23.4 Å². The van der Waals surface area contributed by atoms with Crippen LogP contribution in [0.4, 0.5) is 5.69 Å². The van der Waals surface area contributed by atoms with Gasteiger partial charge in [0.15, 0.2) is 0 Å². The van der Waals surface area contributed by atoms with Gasteiger partial charge < -0.3 is 14.8 Å². The summed E-state index contributed by atoms with van der Waals surface area (Å²) < 4.78 is 12.5. The summed E-state index contributed by atoms with van der Waals surface area (Å²) in [6, 6.07) is 7.33. The van der Waals surface area contributed by atoms with Crippen LogP contribution in [0.1, 0.15) is 25.7 Å². The van der Waals surface area contributed by atoms with E-state index in [1.807, 2.05) is 24.3 Å². The molecule has 0 spiro atoms. The molecule has 1 aliphatic heterocycles. The van der Waals surface area contributed by atoms with Crippen LogP contribution in [0.2, 0.25) is 5.02 Å². The molecule has 1 aromatic heterocycles. The smallest absolute Gasteiger partial charge is 0.292 e. The zero-order valence-electron chi connectivity index (χ0n) is 14.5. The van der Waals surface area contributed by atoms with Crippen LogP contribution in [-0.4, -0.2) is 35.6 Å². The zero-order valence-corrected chi connectivity index (χ0v) is 15.2. The van der Waals surface area contributed by atoms with Crippen LogP contribution in [0.15, 0.2) is 35.3 Å². The van der Waals surface area contributed by atoms with E-state index in [1.54, 1.807) is 6.20 Å². The predicted molar refractivity (Wildman–Crippen MR) is 101 cm³/mol. The van der Waals surface area contributed by atoms with Gasteiger partial charge in [-0.2, -0.15) is 9.78 Å². The molecule has 2 aromatic rings. The molecular weight excluding hydrogens is 354 g/mol. The maximum Gasteiger partial charge on any atom is 0.292 e. The highest BCUT2D eigenvalue weighted by Crippen LogP contribution is 2.27. The van der Waals surface area contributed by atoms with Gasteiger partial charge in [0.1, 0.15) is 10.8 Å². The monoisotopic (exact) mass is 375 g/mol. The molecule has 7 heteroatoms. The Morgan fingerprint density at radius 2 is 2.08 bits per heavy atom. The number of halogens is 1. The first-order chi connectivity index (χ1) is 12.7. The highest BCUT2D eigenvalue weighted by molar-refractivity contribution is 6.32. The number of rotatable bonds is 6. The number of anilines is 1. The maximum absolute atomic E-state index is 12.6. The van der Waals surface area contributed by atoms with Crippen LogP contribution >= 0.6 is 11.6 Å². The minimum absolute atomic E-state index is 0.148. The van der Waals surface area contributed by atoms with E-state index >= 15 is 0 Å². The highest BCUT2D eigenvalue weighted by Gasteiger charge is 2.23. The van der Waals surface area contributed by atoms with Crippen LogP contribution < -0.4 is 15.6 Å². The van der Waals surface area contributed by atoms with Crippen LogP contribution in [-0.2, 0) is 4.74 Å². The Bertz CT molecular complexity index is 812. The fourth-order valence-electron chi connectivity index (χ4n) is 3.01. The van der Waals surface area contributed by atoms with Gasteiger partial charge in [-0.05, 0) is 55.9 Å². The lowest BCUT2D eigenvalue weighted by Crippen LogP contribution is -2.26. The van der Waals surface area contributed by atoms with E-state index in [0.717, 1.165) is 51.2 Å². The van der Waals surface area contributed by atoms with Crippen LogP contribution in [0.25, 0.3) is 5.69 Å². The lowest BCUT2D eigenvalue weighted by atomic mass is 10.0. The second-order valence-corrected chi connectivity index (χ2v) is 7.24. The average molecular weight is 376 g/mol. The summed E-state index contributed by atoms with van der Waals surface area (Å²) in [7, 11) is 0. The minimum atomic E-state index is -0.340. The first kappa shape index (κ1) is 17.4. The summed E-state index contributed by atoms with van der Waals surface area (Å²) in [5, 5.41) is 7.64. The normalized spacial score (nSPS) is 20.0. The van der Waals surface area contributed by atoms with E-state index in [-0.39, 0.29) is 10.6 Å². The molecule has 6 nitrogen and oxygen atoms in total. The van der Waals surface area contributed by atoms with Crippen molar-refractivity contribution >= 4 is 17.3 Å². The van der Waals surface area contributed by atoms with E-state index in [4.69, 9.17) is 21.1 Å². The molecule has 1 saturated heterocycles. The lowest BCUT2D eigenvalue weighted by molar-refractivity contribution is 0.0595. The van der Waals surface area contributed by atoms with Gasteiger partial charge in [-0.25, -0.2) is 0 Å². The van der Waals surface area contributed by atoms with Gasteiger partial charge in [-0.1, -0.05) is 11.6 Å². The molecule has 2 heterocycles. The Morgan fingerprint density at radius 3 is 2.77 bits per heavy atom. The molecule has 0 bridgehead atoms. The molecule has 2 fully saturated rings. The van der Waals surface area contributed by atoms with Crippen LogP contribution in [0.5, 0.6) is 5.75 Å². The van der Waals surface area contributed by atoms with Gasteiger partial charge in [0, 0.05) is 13.2 Å². The zero-order chi connectivity index (χ0) is 17.9. The number of nitrogens with zero attached hydrogens (tertiary/aromatic N) is 2. The quantitative estimate of drug-likeness (QED) is 0.839. The van der Waals surface area contributed by atoms with Gasteiger partial charge in [0.25, 0.3) is 5.56 Å². The van der Waals surface area contributed by atoms with Crippen molar-refractivity contribution in [3.05, 3.63) is 45.8 Å². The standard InChI is InChI=1S/C19H22ClN3O3/c20-18-17(21-10-13-2-1-9-25-12-13)11-22-23(19(18)24)14-3-5-15(6-4-14)26-16-7-8-16/h3-6,11,13,16,21H,1-2,7-10,12H2/t13-/m1/s1. The highest BCUT2D eigenvalue weighted by atomic mass is 35.5. The van der Waals surface area contributed by atoms with Gasteiger partial charge >= 0.3 is 0 Å². The number of nitrogens with one attached hydrogen (secondary N) is 1. The number of aromatic nitrogens is 2. The summed E-state index contributed by atoms with van der Waals surface area (Å²) in [6.45, 7) is 2.29. The Kier molecular flexibility index (Phi) is 5.13. The third kappa shape index (κ3) is 4.02. The molecule has 26 heavy (non-hydrogen) atoms. The molecule has 1 aliphatic carbocycles. The van der Waals surface area contributed by atoms with Gasteiger partial charge in [-0.15, -0.1) is 0 Å². The number of ether oxygens (including phenoxy) is 2. The van der Waals surface area contributed by atoms with Crippen molar-refractivity contribution in [1.82, 2.24) is 9.78 Å². The number of benzene rings is 1. The first-order valence-electron chi connectivity index (χ1n) is 9.07. The molecule has 1 saturated carbocycles. The summed E-state index contributed by atoms with van der Waals surface area (Å²) in [4.78, 5) is 12.6. The fourth-order valence-corrected chi connectivity index (χ4v) is 3.20. The second kappa shape index (κ2) is 7.68. The fraction of sp³-hybridized carbons (Fsp3) is 0.474. The molecule has 1 N–H and O–H groups in total. The van der Waals surface area contributed by atoms with Crippen molar-refractivity contribution in [2.24, 2.45) is 5.92 Å². The largest absolute Gasteiger partial charge is 0.490 e. The van der Waals surface area contributed by atoms with Crippen molar-refractivity contribution in [3.63, 3.8) is 0 Å². The molecule has 2 aliphatic rings. The Labute approximate surface area is 157 Å². The summed E-state index contributed by atoms with van der Waals surface area (Å²) in [5.41, 5.74) is 0.881. The summed E-state index contributed by atoms with van der Waals surface area (Å²) in [6.07, 6.45) is 6.35. The minimum Gasteiger partial charge on any atom is -0.490 e. The number of hydrogen-bond acceptors (Lipinski definition) is 5. The second-order valence-electron chi connectivity index (χ2n) is 6.86. The van der Waals surface area contributed by atoms with Gasteiger partial charge in [0.05, 0.1) is 30.3 Å². The topological polar surface area (TPSA) is 65.4 Å². The molecule has 1 atom stereocenters. The molecule has 138 valence electrons. The molecule has 0 unspecified atom stereocenters. The first-order valence-corrected chi connectivity index (χ1v) is 9.45. The summed E-state index contributed by atoms with van der Waals surface area (Å²) in [5.74, 6) is 1.24. The van der Waals surface area contributed by atoms with Crippen LogP contribution in [0, 0.1) is 5.92 Å². The van der Waals surface area contributed by atoms with E-state index in [1.165, 1.54) is 4.68 Å². The van der Waals surface area contributed by atoms with Crippen molar-refractivity contribution in [1.29, 1.82) is 0 Å². The van der Waals surface area contributed by atoms with Gasteiger partial charge in [0.2, 0.25) is 0 Å². The van der Waals surface area contributed by atoms with Crippen molar-refractivity contribution in [3.8, 4) is 11.4 Å². The van der Waals surface area contributed by atoms with E-state index < -0.39 is 0 Å². The molecule has 1 aromatic carbocycles. The average Bonchev–Trinajstić information content (AvgIpc) is 3.49. The lowest BCUT2D eigenvalue weighted by Gasteiger charge is -2.22. The molecule has 0 radical (unpaired) electrons. The maximum atomic E-state index is 12.6. The third-order valence-electron chi connectivity index (χ3n) is 4.66. The Balaban J connectivity index is 1.47. The van der Waals surface area contributed by atoms with Crippen molar-refractivity contribution in [2.75, 3.05) is 25.1 Å². The molecule has 0 amide bonds.